The van der Waals surface area contributed by atoms with Gasteiger partial charge in [-0.15, -0.1) is 0 Å². The molecule has 0 aliphatic heterocycles. The lowest BCUT2D eigenvalue weighted by atomic mass is 10.2. The first-order chi connectivity index (χ1) is 7.76. The smallest absolute Gasteiger partial charge is 0.0766 e. The molecule has 0 radical (unpaired) electrons. The van der Waals surface area contributed by atoms with Crippen LogP contribution in [0.15, 0.2) is 42.1 Å². The normalized spacial score (nSPS) is 12.2. The van der Waals surface area contributed by atoms with Crippen molar-refractivity contribution in [2.75, 3.05) is 0 Å². The van der Waals surface area contributed by atoms with Crippen molar-refractivity contribution < 1.29 is 0 Å². The molecule has 1 rings (SSSR count). The van der Waals surface area contributed by atoms with Gasteiger partial charge in [-0.3, -0.25) is 0 Å². The highest BCUT2D eigenvalue weighted by atomic mass is 28.3. The van der Waals surface area contributed by atoms with Crippen molar-refractivity contribution in [3.8, 4) is 0 Å². The molecule has 0 spiro atoms. The molecule has 0 amide bonds. The van der Waals surface area contributed by atoms with Crippen molar-refractivity contribution in [3.05, 3.63) is 47.7 Å². The van der Waals surface area contributed by atoms with Gasteiger partial charge in [0.25, 0.3) is 0 Å². The van der Waals surface area contributed by atoms with Crippen LogP contribution in [0.5, 0.6) is 0 Å². The molecule has 0 saturated heterocycles. The van der Waals surface area contributed by atoms with Crippen molar-refractivity contribution in [3.63, 3.8) is 0 Å². The summed E-state index contributed by atoms with van der Waals surface area (Å²) < 4.78 is 0. The number of allylic oxidation sites excluding steroid dienone is 1. The van der Waals surface area contributed by atoms with Gasteiger partial charge in [-0.2, -0.15) is 0 Å². The first-order valence-corrected chi connectivity index (χ1v) is 9.18. The minimum absolute atomic E-state index is 1.05. The van der Waals surface area contributed by atoms with E-state index in [1.165, 1.54) is 23.7 Å². The molecule has 0 aliphatic rings. The summed E-state index contributed by atoms with van der Waals surface area (Å²) in [6.07, 6.45) is 3.49. The van der Waals surface area contributed by atoms with Crippen LogP contribution >= 0.6 is 0 Å². The monoisotopic (exact) mass is 232 g/mol. The standard InChI is InChI=1S/C15H24Si/c1-4-16(5-2,6-3)14-10-13-15-11-8-7-9-12-15/h7-12,14H,4-6,13H2,1-3H3. The van der Waals surface area contributed by atoms with Gasteiger partial charge >= 0.3 is 0 Å². The SMILES string of the molecule is CC[Si](C=CCc1ccccc1)(CC)CC. The zero-order valence-electron chi connectivity index (χ0n) is 10.9. The van der Waals surface area contributed by atoms with Crippen molar-refractivity contribution in [1.29, 1.82) is 0 Å². The highest BCUT2D eigenvalue weighted by molar-refractivity contribution is 6.84. The van der Waals surface area contributed by atoms with Gasteiger partial charge in [-0.1, -0.05) is 81.0 Å². The first kappa shape index (κ1) is 13.2. The Morgan fingerprint density at radius 3 is 2.00 bits per heavy atom. The summed E-state index contributed by atoms with van der Waals surface area (Å²) in [4.78, 5) is 0. The van der Waals surface area contributed by atoms with E-state index in [9.17, 15) is 0 Å². The first-order valence-electron chi connectivity index (χ1n) is 6.48. The molecule has 0 aromatic heterocycles. The van der Waals surface area contributed by atoms with E-state index >= 15 is 0 Å². The highest BCUT2D eigenvalue weighted by Crippen LogP contribution is 2.21. The molecule has 0 fully saturated rings. The highest BCUT2D eigenvalue weighted by Gasteiger charge is 2.22. The summed E-state index contributed by atoms with van der Waals surface area (Å²) in [6, 6.07) is 14.9. The van der Waals surface area contributed by atoms with Crippen LogP contribution in [-0.2, 0) is 6.42 Å². The van der Waals surface area contributed by atoms with E-state index < -0.39 is 8.07 Å². The van der Waals surface area contributed by atoms with Gasteiger partial charge in [-0.25, -0.2) is 0 Å². The van der Waals surface area contributed by atoms with Crippen molar-refractivity contribution >= 4 is 8.07 Å². The van der Waals surface area contributed by atoms with Crippen LogP contribution in [0.3, 0.4) is 0 Å². The predicted molar refractivity (Wildman–Crippen MR) is 76.5 cm³/mol. The molecule has 1 heteroatoms. The van der Waals surface area contributed by atoms with Crippen molar-refractivity contribution in [2.45, 2.75) is 45.3 Å². The molecule has 0 unspecified atom stereocenters. The van der Waals surface area contributed by atoms with Gasteiger partial charge in [0.05, 0.1) is 8.07 Å². The second-order valence-corrected chi connectivity index (χ2v) is 9.69. The molecule has 1 aromatic rings. The average Bonchev–Trinajstić information content (AvgIpc) is 2.37. The molecule has 0 atom stereocenters. The van der Waals surface area contributed by atoms with Gasteiger partial charge in [-0.05, 0) is 12.0 Å². The van der Waals surface area contributed by atoms with Crippen LogP contribution in [-0.4, -0.2) is 8.07 Å². The Kier molecular flexibility index (Phi) is 5.54. The lowest BCUT2D eigenvalue weighted by Gasteiger charge is -2.23. The van der Waals surface area contributed by atoms with Gasteiger partial charge in [0, 0.05) is 0 Å². The topological polar surface area (TPSA) is 0 Å². The summed E-state index contributed by atoms with van der Waals surface area (Å²) in [5.41, 5.74) is 3.99. The molecular formula is C15H24Si. The fourth-order valence-electron chi connectivity index (χ4n) is 2.16. The van der Waals surface area contributed by atoms with E-state index in [4.69, 9.17) is 0 Å². The maximum Gasteiger partial charge on any atom is 0.0766 e. The molecule has 88 valence electrons. The third-order valence-corrected chi connectivity index (χ3v) is 8.95. The maximum atomic E-state index is 2.57. The van der Waals surface area contributed by atoms with Crippen LogP contribution in [0.25, 0.3) is 0 Å². The summed E-state index contributed by atoms with van der Waals surface area (Å²) in [5, 5.41) is 0. The number of hydrogen-bond acceptors (Lipinski definition) is 0. The van der Waals surface area contributed by atoms with E-state index in [0.717, 1.165) is 6.42 Å². The summed E-state index contributed by atoms with van der Waals surface area (Å²) in [5.74, 6) is 0. The molecular weight excluding hydrogens is 208 g/mol. The van der Waals surface area contributed by atoms with Gasteiger partial charge < -0.3 is 0 Å². The largest absolute Gasteiger partial charge is 0.0978 e. The molecule has 0 aliphatic carbocycles. The number of rotatable bonds is 6. The van der Waals surface area contributed by atoms with Crippen LogP contribution in [0.1, 0.15) is 26.3 Å². The van der Waals surface area contributed by atoms with Crippen molar-refractivity contribution in [2.24, 2.45) is 0 Å². The predicted octanol–water partition coefficient (Wildman–Crippen LogP) is 4.83. The Labute approximate surface area is 101 Å². The van der Waals surface area contributed by atoms with E-state index in [2.05, 4.69) is 62.9 Å². The maximum absolute atomic E-state index is 2.57. The summed E-state index contributed by atoms with van der Waals surface area (Å²) >= 11 is 0. The van der Waals surface area contributed by atoms with Gasteiger partial charge in [0.2, 0.25) is 0 Å². The molecule has 0 nitrogen and oxygen atoms in total. The molecule has 0 heterocycles. The third kappa shape index (κ3) is 3.64. The van der Waals surface area contributed by atoms with E-state index in [1.54, 1.807) is 0 Å². The van der Waals surface area contributed by atoms with Crippen LogP contribution in [0.2, 0.25) is 18.1 Å². The second-order valence-electron chi connectivity index (χ2n) is 4.52. The Morgan fingerprint density at radius 1 is 0.938 bits per heavy atom. The number of benzene rings is 1. The summed E-state index contributed by atoms with van der Waals surface area (Å²) in [6.45, 7) is 7.06. The Morgan fingerprint density at radius 2 is 1.50 bits per heavy atom. The lowest BCUT2D eigenvalue weighted by molar-refractivity contribution is 1.18. The third-order valence-electron chi connectivity index (χ3n) is 3.78. The molecule has 0 N–H and O–H groups in total. The van der Waals surface area contributed by atoms with Crippen LogP contribution in [0, 0.1) is 0 Å². The van der Waals surface area contributed by atoms with E-state index in [-0.39, 0.29) is 0 Å². The van der Waals surface area contributed by atoms with E-state index in [0.29, 0.717) is 0 Å². The van der Waals surface area contributed by atoms with Crippen LogP contribution < -0.4 is 0 Å². The average molecular weight is 232 g/mol. The van der Waals surface area contributed by atoms with Gasteiger partial charge in [0.1, 0.15) is 0 Å². The summed E-state index contributed by atoms with van der Waals surface area (Å²) in [7, 11) is -1.05. The Bertz CT molecular complexity index is 301. The van der Waals surface area contributed by atoms with Gasteiger partial charge in [0.15, 0.2) is 0 Å². The molecule has 0 saturated carbocycles. The zero-order chi connectivity index (χ0) is 11.9. The van der Waals surface area contributed by atoms with Crippen LogP contribution in [0.4, 0.5) is 0 Å². The zero-order valence-corrected chi connectivity index (χ0v) is 11.9. The molecule has 0 bridgehead atoms. The fourth-order valence-corrected chi connectivity index (χ4v) is 4.99. The molecule has 16 heavy (non-hydrogen) atoms. The molecule has 1 aromatic carbocycles. The minimum atomic E-state index is -1.05. The minimum Gasteiger partial charge on any atom is -0.0978 e. The van der Waals surface area contributed by atoms with Crippen molar-refractivity contribution in [1.82, 2.24) is 0 Å². The number of hydrogen-bond donors (Lipinski definition) is 0. The quantitative estimate of drug-likeness (QED) is 0.616. The lowest BCUT2D eigenvalue weighted by Crippen LogP contribution is -2.28. The Hall–Kier alpha value is -0.823. The fraction of sp³-hybridized carbons (Fsp3) is 0.467. The van der Waals surface area contributed by atoms with E-state index in [1.807, 2.05) is 0 Å². The second kappa shape index (κ2) is 6.69. The Balaban J connectivity index is 2.59.